The topological polar surface area (TPSA) is 107 Å². The third-order valence-corrected chi connectivity index (χ3v) is 6.54. The zero-order valence-electron chi connectivity index (χ0n) is 20.8. The van der Waals surface area contributed by atoms with Crippen LogP contribution >= 0.6 is 15.9 Å². The molecule has 1 N–H and O–H groups in total. The molecule has 1 heterocycles. The Morgan fingerprint density at radius 2 is 1.75 bits per heavy atom. The quantitative estimate of drug-likeness (QED) is 0.117. The van der Waals surface area contributed by atoms with Crippen molar-refractivity contribution in [3.63, 3.8) is 0 Å². The van der Waals surface area contributed by atoms with Gasteiger partial charge in [0.05, 0.1) is 32.4 Å². The van der Waals surface area contributed by atoms with Gasteiger partial charge in [-0.1, -0.05) is 60.7 Å². The van der Waals surface area contributed by atoms with Gasteiger partial charge in [0.25, 0.3) is 5.91 Å². The first kappa shape index (κ1) is 26.6. The minimum absolute atomic E-state index is 0.00801. The van der Waals surface area contributed by atoms with E-state index in [4.69, 9.17) is 4.74 Å². The molecule has 0 bridgehead atoms. The summed E-state index contributed by atoms with van der Waals surface area (Å²) in [7, 11) is 0. The summed E-state index contributed by atoms with van der Waals surface area (Å²) in [6.07, 6.45) is 1.31. The lowest BCUT2D eigenvalue weighted by atomic mass is 10.0. The lowest BCUT2D eigenvalue weighted by molar-refractivity contribution is -0.386. The third-order valence-electron chi connectivity index (χ3n) is 5.95. The molecule has 4 aromatic carbocycles. The highest BCUT2D eigenvalue weighted by Gasteiger charge is 2.20. The van der Waals surface area contributed by atoms with Crippen LogP contribution in [0.4, 0.5) is 10.1 Å². The van der Waals surface area contributed by atoms with Crippen molar-refractivity contribution in [1.29, 1.82) is 0 Å². The van der Waals surface area contributed by atoms with Gasteiger partial charge in [-0.25, -0.2) is 14.8 Å². The maximum atomic E-state index is 13.2. The number of fused-ring (bicyclic) bond motifs is 1. The van der Waals surface area contributed by atoms with Gasteiger partial charge in [-0.05, 0) is 51.8 Å². The number of benzene rings is 4. The van der Waals surface area contributed by atoms with E-state index >= 15 is 0 Å². The fourth-order valence-electron chi connectivity index (χ4n) is 4.03. The number of carbonyl (C=O) groups excluding carboxylic acids is 1. The van der Waals surface area contributed by atoms with E-state index in [1.54, 1.807) is 18.2 Å². The molecule has 0 atom stereocenters. The normalized spacial score (nSPS) is 11.1. The van der Waals surface area contributed by atoms with Crippen molar-refractivity contribution in [3.8, 4) is 17.0 Å². The van der Waals surface area contributed by atoms with Gasteiger partial charge in [0.15, 0.2) is 0 Å². The summed E-state index contributed by atoms with van der Waals surface area (Å²) in [5, 5.41) is 16.5. The van der Waals surface area contributed by atoms with Crippen LogP contribution in [0.1, 0.15) is 21.5 Å². The standard InChI is InChI=1S/C30H20BrFN4O4/c31-25-14-20(15-28(36(38)39)29(25)40-18-19-10-12-22(32)13-11-19)17-33-35-30(37)24-16-27(21-6-2-1-3-7-21)34-26-9-5-4-8-23(24)26/h1-17H,18H2,(H,35,37)/b33-17-. The number of nitro groups is 1. The number of hydrogen-bond acceptors (Lipinski definition) is 6. The van der Waals surface area contributed by atoms with Gasteiger partial charge in [0.1, 0.15) is 12.4 Å². The van der Waals surface area contributed by atoms with Gasteiger partial charge in [0.2, 0.25) is 5.75 Å². The van der Waals surface area contributed by atoms with E-state index in [0.29, 0.717) is 37.8 Å². The minimum Gasteiger partial charge on any atom is -0.481 e. The smallest absolute Gasteiger partial charge is 0.312 e. The van der Waals surface area contributed by atoms with Crippen molar-refractivity contribution < 1.29 is 18.8 Å². The van der Waals surface area contributed by atoms with Crippen LogP contribution in [0.3, 0.4) is 0 Å². The molecular weight excluding hydrogens is 579 g/mol. The number of nitrogens with one attached hydrogen (secondary N) is 1. The second kappa shape index (κ2) is 11.8. The van der Waals surface area contributed by atoms with E-state index in [0.717, 1.165) is 5.56 Å². The Labute approximate surface area is 236 Å². The Morgan fingerprint density at radius 3 is 2.50 bits per heavy atom. The zero-order valence-corrected chi connectivity index (χ0v) is 22.3. The molecule has 0 saturated carbocycles. The van der Waals surface area contributed by atoms with Crippen molar-refractivity contribution in [2.75, 3.05) is 0 Å². The number of ether oxygens (including phenoxy) is 1. The van der Waals surface area contributed by atoms with Crippen LogP contribution in [0.15, 0.2) is 107 Å². The highest BCUT2D eigenvalue weighted by Crippen LogP contribution is 2.36. The molecule has 10 heteroatoms. The Kier molecular flexibility index (Phi) is 7.88. The number of amides is 1. The van der Waals surface area contributed by atoms with Gasteiger partial charge < -0.3 is 4.74 Å². The molecule has 0 saturated heterocycles. The SMILES string of the molecule is O=C(N/N=C\c1cc(Br)c(OCc2ccc(F)cc2)c([N+](=O)[O-])c1)c1cc(-c2ccccc2)nc2ccccc12. The van der Waals surface area contributed by atoms with Crippen LogP contribution in [-0.4, -0.2) is 22.0 Å². The van der Waals surface area contributed by atoms with Crippen LogP contribution in [0.25, 0.3) is 22.2 Å². The predicted molar refractivity (Wildman–Crippen MR) is 154 cm³/mol. The monoisotopic (exact) mass is 598 g/mol. The van der Waals surface area contributed by atoms with Crippen LogP contribution in [0.5, 0.6) is 5.75 Å². The lowest BCUT2D eigenvalue weighted by Gasteiger charge is -2.10. The number of pyridine rings is 1. The van der Waals surface area contributed by atoms with Crippen molar-refractivity contribution in [2.24, 2.45) is 5.10 Å². The fourth-order valence-corrected chi connectivity index (χ4v) is 4.62. The summed E-state index contributed by atoms with van der Waals surface area (Å²) in [4.78, 5) is 29.0. The molecule has 5 rings (SSSR count). The van der Waals surface area contributed by atoms with Gasteiger partial charge in [-0.15, -0.1) is 0 Å². The van der Waals surface area contributed by atoms with E-state index in [1.807, 2.05) is 48.5 Å². The maximum Gasteiger partial charge on any atom is 0.312 e. The van der Waals surface area contributed by atoms with Gasteiger partial charge >= 0.3 is 5.69 Å². The van der Waals surface area contributed by atoms with Gasteiger partial charge in [-0.2, -0.15) is 5.10 Å². The van der Waals surface area contributed by atoms with E-state index in [-0.39, 0.29) is 23.9 Å². The first-order valence-electron chi connectivity index (χ1n) is 12.0. The number of nitro benzene ring substituents is 1. The molecule has 1 aromatic heterocycles. The summed E-state index contributed by atoms with van der Waals surface area (Å²) in [6.45, 7) is 0.00801. The molecule has 8 nitrogen and oxygen atoms in total. The first-order valence-corrected chi connectivity index (χ1v) is 12.8. The summed E-state index contributed by atoms with van der Waals surface area (Å²) in [5.74, 6) is -0.826. The molecule has 1 amide bonds. The number of carbonyl (C=O) groups is 1. The lowest BCUT2D eigenvalue weighted by Crippen LogP contribution is -2.18. The predicted octanol–water partition coefficient (Wildman–Crippen LogP) is 7.05. The average Bonchev–Trinajstić information content (AvgIpc) is 2.97. The van der Waals surface area contributed by atoms with E-state index in [1.165, 1.54) is 36.5 Å². The maximum absolute atomic E-state index is 13.2. The Hall–Kier alpha value is -4.96. The van der Waals surface area contributed by atoms with E-state index in [2.05, 4.69) is 31.4 Å². The molecular formula is C30H20BrFN4O4. The molecule has 0 radical (unpaired) electrons. The molecule has 0 fully saturated rings. The zero-order chi connectivity index (χ0) is 28.1. The van der Waals surface area contributed by atoms with Crippen LogP contribution in [0.2, 0.25) is 0 Å². The molecule has 0 spiro atoms. The minimum atomic E-state index is -0.575. The number of hydrogen-bond donors (Lipinski definition) is 1. The number of hydrazone groups is 1. The fraction of sp³-hybridized carbons (Fsp3) is 0.0333. The van der Waals surface area contributed by atoms with Crippen molar-refractivity contribution in [2.45, 2.75) is 6.61 Å². The number of halogens is 2. The van der Waals surface area contributed by atoms with Crippen molar-refractivity contribution in [1.82, 2.24) is 10.4 Å². The largest absolute Gasteiger partial charge is 0.481 e. The third kappa shape index (κ3) is 6.02. The molecule has 0 unspecified atom stereocenters. The van der Waals surface area contributed by atoms with Crippen molar-refractivity contribution >= 4 is 44.6 Å². The number of rotatable bonds is 8. The number of para-hydroxylation sites is 1. The summed E-state index contributed by atoms with van der Waals surface area (Å²) < 4.78 is 19.1. The molecule has 0 aliphatic carbocycles. The molecule has 40 heavy (non-hydrogen) atoms. The molecule has 0 aliphatic heterocycles. The first-order chi connectivity index (χ1) is 19.4. The second-order valence-corrected chi connectivity index (χ2v) is 9.51. The highest BCUT2D eigenvalue weighted by atomic mass is 79.9. The summed E-state index contributed by atoms with van der Waals surface area (Å²) in [6, 6.07) is 27.0. The van der Waals surface area contributed by atoms with Crippen LogP contribution in [0, 0.1) is 15.9 Å². The Balaban J connectivity index is 1.37. The van der Waals surface area contributed by atoms with E-state index < -0.39 is 10.8 Å². The van der Waals surface area contributed by atoms with Crippen LogP contribution < -0.4 is 10.2 Å². The summed E-state index contributed by atoms with van der Waals surface area (Å²) >= 11 is 3.32. The van der Waals surface area contributed by atoms with Crippen molar-refractivity contribution in [3.05, 3.63) is 134 Å². The van der Waals surface area contributed by atoms with Gasteiger partial charge in [-0.3, -0.25) is 14.9 Å². The summed E-state index contributed by atoms with van der Waals surface area (Å²) in [5.41, 5.74) is 5.78. The second-order valence-electron chi connectivity index (χ2n) is 8.66. The highest BCUT2D eigenvalue weighted by molar-refractivity contribution is 9.10. The van der Waals surface area contributed by atoms with Gasteiger partial charge in [0, 0.05) is 22.6 Å². The molecule has 0 aliphatic rings. The number of aromatic nitrogens is 1. The Bertz CT molecular complexity index is 1750. The molecule has 198 valence electrons. The van der Waals surface area contributed by atoms with Crippen LogP contribution in [-0.2, 0) is 6.61 Å². The van der Waals surface area contributed by atoms with E-state index in [9.17, 15) is 19.3 Å². The molecule has 5 aromatic rings. The average molecular weight is 599 g/mol. The Morgan fingerprint density at radius 1 is 1.02 bits per heavy atom. The number of nitrogens with zero attached hydrogens (tertiary/aromatic N) is 3.